The average molecular weight is 310 g/mol. The Morgan fingerprint density at radius 1 is 1.13 bits per heavy atom. The maximum Gasteiger partial charge on any atom is 0.336 e. The molecule has 3 aromatic rings. The highest BCUT2D eigenvalue weighted by atomic mass is 16.4. The summed E-state index contributed by atoms with van der Waals surface area (Å²) >= 11 is 0. The molecule has 0 spiro atoms. The highest BCUT2D eigenvalue weighted by molar-refractivity contribution is 6.07. The number of hydrogen-bond acceptors (Lipinski definition) is 4. The molecule has 0 fully saturated rings. The summed E-state index contributed by atoms with van der Waals surface area (Å²) < 4.78 is 5.33. The largest absolute Gasteiger partial charge is 0.423 e. The van der Waals surface area contributed by atoms with Gasteiger partial charge in [0.15, 0.2) is 0 Å². The van der Waals surface area contributed by atoms with Gasteiger partial charge in [0.2, 0.25) is 5.91 Å². The molecular formula is C18H18N2O3. The van der Waals surface area contributed by atoms with Crippen molar-refractivity contribution in [2.24, 2.45) is 0 Å². The van der Waals surface area contributed by atoms with Crippen LogP contribution < -0.4 is 16.3 Å². The highest BCUT2D eigenvalue weighted by Gasteiger charge is 2.09. The standard InChI is InChI=1S/C18H18N2O3/c1-12(21)20-9-8-19-11-14-10-17(22)23-16-7-6-13-4-2-3-5-15(13)18(14)16/h2-7,10,19H,8-9,11H2,1H3,(H,20,21). The third-order valence-electron chi connectivity index (χ3n) is 3.71. The molecule has 1 heterocycles. The van der Waals surface area contributed by atoms with Crippen LogP contribution in [0.25, 0.3) is 21.7 Å². The zero-order valence-electron chi connectivity index (χ0n) is 12.9. The van der Waals surface area contributed by atoms with Gasteiger partial charge in [0.1, 0.15) is 5.58 Å². The highest BCUT2D eigenvalue weighted by Crippen LogP contribution is 2.27. The molecule has 0 atom stereocenters. The monoisotopic (exact) mass is 310 g/mol. The summed E-state index contributed by atoms with van der Waals surface area (Å²) in [6.45, 7) is 3.21. The minimum absolute atomic E-state index is 0.0522. The quantitative estimate of drug-likeness (QED) is 0.430. The van der Waals surface area contributed by atoms with Crippen LogP contribution in [0.15, 0.2) is 51.7 Å². The van der Waals surface area contributed by atoms with E-state index >= 15 is 0 Å². The van der Waals surface area contributed by atoms with Gasteiger partial charge in [0.05, 0.1) is 0 Å². The number of benzene rings is 2. The van der Waals surface area contributed by atoms with E-state index in [4.69, 9.17) is 4.42 Å². The molecule has 5 nitrogen and oxygen atoms in total. The lowest BCUT2D eigenvalue weighted by Gasteiger charge is -2.10. The number of hydrogen-bond donors (Lipinski definition) is 2. The normalized spacial score (nSPS) is 11.0. The van der Waals surface area contributed by atoms with Gasteiger partial charge < -0.3 is 15.1 Å². The fraction of sp³-hybridized carbons (Fsp3) is 0.222. The number of carbonyl (C=O) groups excluding carboxylic acids is 1. The van der Waals surface area contributed by atoms with E-state index in [1.807, 2.05) is 36.4 Å². The zero-order valence-corrected chi connectivity index (χ0v) is 12.9. The Balaban J connectivity index is 1.93. The lowest BCUT2D eigenvalue weighted by atomic mass is 10.0. The van der Waals surface area contributed by atoms with Gasteiger partial charge in [0, 0.05) is 38.0 Å². The maximum absolute atomic E-state index is 11.8. The minimum atomic E-state index is -0.355. The fourth-order valence-electron chi connectivity index (χ4n) is 2.71. The van der Waals surface area contributed by atoms with Crippen molar-refractivity contribution in [2.75, 3.05) is 13.1 Å². The van der Waals surface area contributed by atoms with E-state index in [2.05, 4.69) is 10.6 Å². The Kier molecular flexibility index (Phi) is 4.39. The summed E-state index contributed by atoms with van der Waals surface area (Å²) in [4.78, 5) is 22.6. The van der Waals surface area contributed by atoms with Gasteiger partial charge in [-0.3, -0.25) is 4.79 Å². The SMILES string of the molecule is CC(=O)NCCNCc1cc(=O)oc2ccc3ccccc3c12. The van der Waals surface area contributed by atoms with Gasteiger partial charge in [-0.1, -0.05) is 30.3 Å². The van der Waals surface area contributed by atoms with Gasteiger partial charge >= 0.3 is 5.63 Å². The predicted octanol–water partition coefficient (Wildman–Crippen LogP) is 2.17. The second-order valence-corrected chi connectivity index (χ2v) is 5.41. The van der Waals surface area contributed by atoms with E-state index in [1.165, 1.54) is 13.0 Å². The van der Waals surface area contributed by atoms with Crippen molar-refractivity contribution in [3.05, 3.63) is 58.4 Å². The van der Waals surface area contributed by atoms with Crippen LogP contribution in [0.3, 0.4) is 0 Å². The lowest BCUT2D eigenvalue weighted by molar-refractivity contribution is -0.118. The Morgan fingerprint density at radius 2 is 1.96 bits per heavy atom. The lowest BCUT2D eigenvalue weighted by Crippen LogP contribution is -2.30. The van der Waals surface area contributed by atoms with Gasteiger partial charge in [-0.05, 0) is 22.4 Å². The molecule has 0 bridgehead atoms. The molecule has 0 saturated heterocycles. The summed E-state index contributed by atoms with van der Waals surface area (Å²) in [7, 11) is 0. The Bertz CT molecular complexity index is 915. The van der Waals surface area contributed by atoms with Crippen LogP contribution >= 0.6 is 0 Å². The van der Waals surface area contributed by atoms with Crippen molar-refractivity contribution in [2.45, 2.75) is 13.5 Å². The van der Waals surface area contributed by atoms with Gasteiger partial charge in [0.25, 0.3) is 0 Å². The van der Waals surface area contributed by atoms with Crippen LogP contribution in [-0.2, 0) is 11.3 Å². The van der Waals surface area contributed by atoms with Crippen molar-refractivity contribution in [3.8, 4) is 0 Å². The third kappa shape index (κ3) is 3.40. The molecular weight excluding hydrogens is 292 g/mol. The molecule has 3 rings (SSSR count). The second-order valence-electron chi connectivity index (χ2n) is 5.41. The van der Waals surface area contributed by atoms with Crippen molar-refractivity contribution in [3.63, 3.8) is 0 Å². The van der Waals surface area contributed by atoms with Crippen LogP contribution in [0, 0.1) is 0 Å². The molecule has 1 amide bonds. The average Bonchev–Trinajstić information content (AvgIpc) is 2.53. The van der Waals surface area contributed by atoms with Crippen molar-refractivity contribution in [1.82, 2.24) is 10.6 Å². The molecule has 5 heteroatoms. The Labute approximate surface area is 133 Å². The molecule has 0 aliphatic rings. The van der Waals surface area contributed by atoms with E-state index in [9.17, 15) is 9.59 Å². The van der Waals surface area contributed by atoms with Crippen LogP contribution in [0.4, 0.5) is 0 Å². The number of fused-ring (bicyclic) bond motifs is 3. The first-order valence-electron chi connectivity index (χ1n) is 7.55. The van der Waals surface area contributed by atoms with Crippen molar-refractivity contribution < 1.29 is 9.21 Å². The van der Waals surface area contributed by atoms with Gasteiger partial charge in [-0.25, -0.2) is 4.79 Å². The summed E-state index contributed by atoms with van der Waals surface area (Å²) in [5.74, 6) is -0.0522. The Hall–Kier alpha value is -2.66. The smallest absolute Gasteiger partial charge is 0.336 e. The summed E-state index contributed by atoms with van der Waals surface area (Å²) in [6.07, 6.45) is 0. The molecule has 1 aromatic heterocycles. The summed E-state index contributed by atoms with van der Waals surface area (Å²) in [6, 6.07) is 13.3. The molecule has 0 unspecified atom stereocenters. The molecule has 0 radical (unpaired) electrons. The molecule has 23 heavy (non-hydrogen) atoms. The zero-order chi connectivity index (χ0) is 16.2. The number of carbonyl (C=O) groups is 1. The fourth-order valence-corrected chi connectivity index (χ4v) is 2.71. The molecule has 118 valence electrons. The maximum atomic E-state index is 11.8. The van der Waals surface area contributed by atoms with Gasteiger partial charge in [-0.15, -0.1) is 0 Å². The van der Waals surface area contributed by atoms with E-state index in [0.29, 0.717) is 25.2 Å². The minimum Gasteiger partial charge on any atom is -0.423 e. The number of rotatable bonds is 5. The molecule has 2 aromatic carbocycles. The van der Waals surface area contributed by atoms with Crippen LogP contribution in [0.2, 0.25) is 0 Å². The van der Waals surface area contributed by atoms with Crippen molar-refractivity contribution >= 4 is 27.6 Å². The first kappa shape index (κ1) is 15.2. The molecule has 0 saturated carbocycles. The molecule has 2 N–H and O–H groups in total. The van der Waals surface area contributed by atoms with Crippen LogP contribution in [0.5, 0.6) is 0 Å². The predicted molar refractivity (Wildman–Crippen MR) is 90.4 cm³/mol. The molecule has 0 aliphatic carbocycles. The van der Waals surface area contributed by atoms with Crippen LogP contribution in [0.1, 0.15) is 12.5 Å². The van der Waals surface area contributed by atoms with E-state index in [0.717, 1.165) is 21.7 Å². The van der Waals surface area contributed by atoms with E-state index in [-0.39, 0.29) is 11.5 Å². The summed E-state index contributed by atoms with van der Waals surface area (Å²) in [5, 5.41) is 9.09. The van der Waals surface area contributed by atoms with E-state index < -0.39 is 0 Å². The second kappa shape index (κ2) is 6.62. The first-order valence-corrected chi connectivity index (χ1v) is 7.55. The third-order valence-corrected chi connectivity index (χ3v) is 3.71. The Morgan fingerprint density at radius 3 is 2.78 bits per heavy atom. The molecule has 0 aliphatic heterocycles. The summed E-state index contributed by atoms with van der Waals surface area (Å²) in [5.41, 5.74) is 1.14. The number of nitrogens with one attached hydrogen (secondary N) is 2. The number of amides is 1. The first-order chi connectivity index (χ1) is 11.1. The van der Waals surface area contributed by atoms with Crippen molar-refractivity contribution in [1.29, 1.82) is 0 Å². The van der Waals surface area contributed by atoms with Crippen LogP contribution in [-0.4, -0.2) is 19.0 Å². The van der Waals surface area contributed by atoms with E-state index in [1.54, 1.807) is 0 Å². The van der Waals surface area contributed by atoms with Gasteiger partial charge in [-0.2, -0.15) is 0 Å². The topological polar surface area (TPSA) is 71.3 Å².